The Morgan fingerprint density at radius 2 is 1.95 bits per heavy atom. The van der Waals surface area contributed by atoms with E-state index in [1.807, 2.05) is 0 Å². The zero-order chi connectivity index (χ0) is 15.4. The van der Waals surface area contributed by atoms with Gasteiger partial charge in [-0.05, 0) is 37.3 Å². The van der Waals surface area contributed by atoms with Crippen LogP contribution in [0.4, 0.5) is 5.69 Å². The molecule has 0 aromatic heterocycles. The number of hydrogen-bond donors (Lipinski definition) is 1. The van der Waals surface area contributed by atoms with Crippen molar-refractivity contribution < 1.29 is 24.4 Å². The number of hydrogen-bond acceptors (Lipinski definition) is 5. The zero-order valence-corrected chi connectivity index (χ0v) is 11.2. The highest BCUT2D eigenvalue weighted by molar-refractivity contribution is 5.73. The van der Waals surface area contributed by atoms with E-state index in [1.165, 1.54) is 24.3 Å². The normalized spacial score (nSPS) is 21.0. The molecule has 1 aromatic rings. The van der Waals surface area contributed by atoms with Crippen LogP contribution >= 0.6 is 0 Å². The number of carboxylic acids is 1. The summed E-state index contributed by atoms with van der Waals surface area (Å²) in [5, 5.41) is 19.4. The molecule has 2 rings (SSSR count). The van der Waals surface area contributed by atoms with E-state index in [4.69, 9.17) is 9.84 Å². The first-order valence-electron chi connectivity index (χ1n) is 6.63. The monoisotopic (exact) mass is 293 g/mol. The molecule has 1 aromatic carbocycles. The third kappa shape index (κ3) is 4.01. The third-order valence-corrected chi connectivity index (χ3v) is 3.63. The summed E-state index contributed by atoms with van der Waals surface area (Å²) in [7, 11) is 0. The van der Waals surface area contributed by atoms with E-state index in [1.54, 1.807) is 0 Å². The highest BCUT2D eigenvalue weighted by atomic mass is 16.6. The number of ether oxygens (including phenoxy) is 1. The van der Waals surface area contributed by atoms with Gasteiger partial charge < -0.3 is 9.84 Å². The van der Waals surface area contributed by atoms with Crippen molar-refractivity contribution >= 4 is 17.6 Å². The number of nitrogens with zero attached hydrogens (tertiary/aromatic N) is 1. The van der Waals surface area contributed by atoms with Crippen LogP contribution in [0.15, 0.2) is 24.3 Å². The molecule has 7 nitrogen and oxygen atoms in total. The minimum absolute atomic E-state index is 0.0247. The van der Waals surface area contributed by atoms with Gasteiger partial charge in [0.15, 0.2) is 0 Å². The summed E-state index contributed by atoms with van der Waals surface area (Å²) < 4.78 is 5.10. The molecule has 1 aliphatic carbocycles. The van der Waals surface area contributed by atoms with Crippen molar-refractivity contribution in [3.63, 3.8) is 0 Å². The number of esters is 1. The molecule has 0 aliphatic heterocycles. The van der Waals surface area contributed by atoms with Crippen LogP contribution in [0.2, 0.25) is 0 Å². The quantitative estimate of drug-likeness (QED) is 0.386. The van der Waals surface area contributed by atoms with Gasteiger partial charge in [0.2, 0.25) is 0 Å². The molecule has 0 amide bonds. The highest BCUT2D eigenvalue weighted by Crippen LogP contribution is 2.33. The molecular weight excluding hydrogens is 278 g/mol. The smallest absolute Gasteiger partial charge is 0.311 e. The first kappa shape index (κ1) is 15.0. The lowest BCUT2D eigenvalue weighted by atomic mass is 10.0. The molecular formula is C14H15NO6. The number of nitro groups is 1. The van der Waals surface area contributed by atoms with Crippen molar-refractivity contribution in [3.8, 4) is 5.75 Å². The number of aliphatic carboxylic acids is 1. The highest BCUT2D eigenvalue weighted by Gasteiger charge is 2.31. The Morgan fingerprint density at radius 1 is 1.29 bits per heavy atom. The van der Waals surface area contributed by atoms with Crippen molar-refractivity contribution in [2.45, 2.75) is 25.7 Å². The van der Waals surface area contributed by atoms with Crippen LogP contribution in [0.1, 0.15) is 25.7 Å². The molecule has 1 saturated carbocycles. The topological polar surface area (TPSA) is 107 Å². The molecule has 0 heterocycles. The largest absolute Gasteiger partial charge is 0.481 e. The fourth-order valence-electron chi connectivity index (χ4n) is 2.53. The van der Waals surface area contributed by atoms with Gasteiger partial charge in [-0.3, -0.25) is 19.7 Å². The fourth-order valence-corrected chi connectivity index (χ4v) is 2.53. The van der Waals surface area contributed by atoms with E-state index >= 15 is 0 Å². The number of carbonyl (C=O) groups is 2. The Bertz CT molecular complexity index is 553. The second-order valence-electron chi connectivity index (χ2n) is 5.14. The van der Waals surface area contributed by atoms with Crippen LogP contribution in [0, 0.1) is 22.0 Å². The van der Waals surface area contributed by atoms with Crippen LogP contribution in [-0.2, 0) is 9.59 Å². The van der Waals surface area contributed by atoms with Crippen molar-refractivity contribution in [1.29, 1.82) is 0 Å². The summed E-state index contributed by atoms with van der Waals surface area (Å²) in [4.78, 5) is 32.6. The Kier molecular flexibility index (Phi) is 4.52. The van der Waals surface area contributed by atoms with Gasteiger partial charge in [0, 0.05) is 18.6 Å². The van der Waals surface area contributed by atoms with Gasteiger partial charge >= 0.3 is 11.9 Å². The molecule has 0 radical (unpaired) electrons. The van der Waals surface area contributed by atoms with Gasteiger partial charge in [-0.15, -0.1) is 0 Å². The van der Waals surface area contributed by atoms with Crippen LogP contribution in [0.25, 0.3) is 0 Å². The molecule has 7 heteroatoms. The van der Waals surface area contributed by atoms with Gasteiger partial charge in [0.1, 0.15) is 5.75 Å². The minimum Gasteiger partial charge on any atom is -0.481 e. The van der Waals surface area contributed by atoms with E-state index in [9.17, 15) is 19.7 Å². The van der Waals surface area contributed by atoms with Gasteiger partial charge in [-0.25, -0.2) is 0 Å². The lowest BCUT2D eigenvalue weighted by molar-refractivity contribution is -0.384. The van der Waals surface area contributed by atoms with Gasteiger partial charge in [0.25, 0.3) is 5.69 Å². The summed E-state index contributed by atoms with van der Waals surface area (Å²) in [6, 6.07) is 5.26. The van der Waals surface area contributed by atoms with Crippen LogP contribution in [-0.4, -0.2) is 22.0 Å². The predicted molar refractivity (Wildman–Crippen MR) is 71.8 cm³/mol. The van der Waals surface area contributed by atoms with Crippen LogP contribution in [0.5, 0.6) is 5.75 Å². The molecule has 1 N–H and O–H groups in total. The van der Waals surface area contributed by atoms with Crippen LogP contribution < -0.4 is 4.74 Å². The average Bonchev–Trinajstić information content (AvgIpc) is 2.87. The zero-order valence-electron chi connectivity index (χ0n) is 11.2. The number of carboxylic acid groups (broad SMARTS) is 1. The lowest BCUT2D eigenvalue weighted by Crippen LogP contribution is -2.14. The number of nitro benzene ring substituents is 1. The number of benzene rings is 1. The van der Waals surface area contributed by atoms with Crippen molar-refractivity contribution in [3.05, 3.63) is 34.4 Å². The molecule has 21 heavy (non-hydrogen) atoms. The van der Waals surface area contributed by atoms with Gasteiger partial charge in [-0.2, -0.15) is 0 Å². The molecule has 0 saturated heterocycles. The second-order valence-corrected chi connectivity index (χ2v) is 5.14. The first-order chi connectivity index (χ1) is 9.95. The molecule has 0 unspecified atom stereocenters. The fraction of sp³-hybridized carbons (Fsp3) is 0.429. The Hall–Kier alpha value is -2.44. The van der Waals surface area contributed by atoms with E-state index in [0.29, 0.717) is 19.3 Å². The molecule has 0 bridgehead atoms. The first-order valence-corrected chi connectivity index (χ1v) is 6.63. The number of rotatable bonds is 5. The van der Waals surface area contributed by atoms with Crippen molar-refractivity contribution in [2.24, 2.45) is 11.8 Å². The standard InChI is InChI=1S/C14H15NO6/c16-13(8-9-1-2-10(7-9)14(17)18)21-12-5-3-11(4-6-12)15(19)20/h3-6,9-10H,1-2,7-8H2,(H,17,18)/t9-,10-/m0/s1. The molecule has 112 valence electrons. The Labute approximate surface area is 120 Å². The van der Waals surface area contributed by atoms with Crippen LogP contribution in [0.3, 0.4) is 0 Å². The Morgan fingerprint density at radius 3 is 2.48 bits per heavy atom. The van der Waals surface area contributed by atoms with E-state index in [2.05, 4.69) is 0 Å². The van der Waals surface area contributed by atoms with E-state index in [-0.39, 0.29) is 29.7 Å². The maximum Gasteiger partial charge on any atom is 0.311 e. The molecule has 2 atom stereocenters. The third-order valence-electron chi connectivity index (χ3n) is 3.63. The maximum absolute atomic E-state index is 11.8. The number of non-ortho nitro benzene ring substituents is 1. The van der Waals surface area contributed by atoms with Gasteiger partial charge in [0.05, 0.1) is 10.8 Å². The van der Waals surface area contributed by atoms with E-state index in [0.717, 1.165) is 0 Å². The van der Waals surface area contributed by atoms with Gasteiger partial charge in [-0.1, -0.05) is 0 Å². The lowest BCUT2D eigenvalue weighted by Gasteiger charge is -2.09. The predicted octanol–water partition coefficient (Wildman–Crippen LogP) is 2.39. The number of carbonyl (C=O) groups excluding carboxylic acids is 1. The van der Waals surface area contributed by atoms with E-state index < -0.39 is 16.9 Å². The summed E-state index contributed by atoms with van der Waals surface area (Å²) in [6.07, 6.45) is 1.95. The molecule has 0 spiro atoms. The minimum atomic E-state index is -0.818. The SMILES string of the molecule is O=C(C[C@H]1CC[C@H](C(=O)O)C1)Oc1ccc([N+](=O)[O-])cc1. The summed E-state index contributed by atoms with van der Waals surface area (Å²) in [5.41, 5.74) is -0.0742. The average molecular weight is 293 g/mol. The second kappa shape index (κ2) is 6.34. The molecule has 1 fully saturated rings. The van der Waals surface area contributed by atoms with Crippen molar-refractivity contribution in [1.82, 2.24) is 0 Å². The molecule has 1 aliphatic rings. The van der Waals surface area contributed by atoms with Crippen molar-refractivity contribution in [2.75, 3.05) is 0 Å². The summed E-state index contributed by atoms with van der Waals surface area (Å²) in [5.74, 6) is -1.36. The summed E-state index contributed by atoms with van der Waals surface area (Å²) >= 11 is 0. The Balaban J connectivity index is 1.85. The summed E-state index contributed by atoms with van der Waals surface area (Å²) in [6.45, 7) is 0. The maximum atomic E-state index is 11.8.